The van der Waals surface area contributed by atoms with Crippen LogP contribution in [0.3, 0.4) is 0 Å². The van der Waals surface area contributed by atoms with Crippen molar-refractivity contribution in [3.05, 3.63) is 35.2 Å². The third-order valence-corrected chi connectivity index (χ3v) is 8.32. The minimum atomic E-state index is -3.66. The molecule has 0 saturated carbocycles. The summed E-state index contributed by atoms with van der Waals surface area (Å²) in [6, 6.07) is 5.59. The minimum Gasteiger partial charge on any atom is -0.493 e. The molecule has 3 rings (SSSR count). The monoisotopic (exact) mass is 479 g/mol. The van der Waals surface area contributed by atoms with Crippen LogP contribution in [0.1, 0.15) is 43.7 Å². The summed E-state index contributed by atoms with van der Waals surface area (Å²) >= 11 is 0. The molecule has 1 N–H and O–H groups in total. The summed E-state index contributed by atoms with van der Waals surface area (Å²) in [4.78, 5) is 12.9. The van der Waals surface area contributed by atoms with Crippen molar-refractivity contribution in [2.45, 2.75) is 52.0 Å². The van der Waals surface area contributed by atoms with Crippen LogP contribution in [0.25, 0.3) is 0 Å². The number of nitrogens with zero attached hydrogens (tertiary/aromatic N) is 2. The van der Waals surface area contributed by atoms with Crippen LogP contribution in [0.2, 0.25) is 0 Å². The lowest BCUT2D eigenvalue weighted by atomic mass is 9.85. The Morgan fingerprint density at radius 2 is 1.97 bits per heavy atom. The zero-order valence-electron chi connectivity index (χ0n) is 19.9. The van der Waals surface area contributed by atoms with Gasteiger partial charge in [-0.1, -0.05) is 18.1 Å². The summed E-state index contributed by atoms with van der Waals surface area (Å²) < 4.78 is 43.4. The van der Waals surface area contributed by atoms with Gasteiger partial charge < -0.3 is 19.3 Å². The number of hydrogen-bond donors (Lipinski definition) is 1. The number of aromatic nitrogens is 1. The molecule has 0 spiro atoms. The summed E-state index contributed by atoms with van der Waals surface area (Å²) in [5.74, 6) is 1.43. The number of rotatable bonds is 9. The Balaban J connectivity index is 1.55. The predicted octanol–water partition coefficient (Wildman–Crippen LogP) is 3.05. The van der Waals surface area contributed by atoms with E-state index in [2.05, 4.69) is 10.5 Å². The first kappa shape index (κ1) is 25.0. The van der Waals surface area contributed by atoms with E-state index < -0.39 is 10.0 Å². The summed E-state index contributed by atoms with van der Waals surface area (Å²) in [5.41, 5.74) is 1.28. The third-order valence-electron chi connectivity index (χ3n) is 6.18. The quantitative estimate of drug-likeness (QED) is 0.588. The first-order valence-electron chi connectivity index (χ1n) is 11.2. The maximum atomic E-state index is 13.0. The molecule has 0 unspecified atom stereocenters. The number of carbonyl (C=O) groups excluding carboxylic acids is 1. The number of aryl methyl sites for hydroxylation is 2. The van der Waals surface area contributed by atoms with Crippen LogP contribution >= 0.6 is 0 Å². The number of hydrogen-bond acceptors (Lipinski definition) is 7. The highest BCUT2D eigenvalue weighted by atomic mass is 32.2. The molecule has 9 nitrogen and oxygen atoms in total. The van der Waals surface area contributed by atoms with Crippen LogP contribution < -0.4 is 14.8 Å². The number of methoxy groups -OCH3 is 1. The summed E-state index contributed by atoms with van der Waals surface area (Å²) in [6.45, 7) is 8.69. The molecule has 2 heterocycles. The van der Waals surface area contributed by atoms with Crippen molar-refractivity contribution in [3.8, 4) is 11.5 Å². The van der Waals surface area contributed by atoms with Gasteiger partial charge in [0.1, 0.15) is 10.6 Å². The van der Waals surface area contributed by atoms with E-state index in [0.717, 1.165) is 5.56 Å². The molecule has 10 heteroatoms. The van der Waals surface area contributed by atoms with Gasteiger partial charge in [-0.15, -0.1) is 0 Å². The van der Waals surface area contributed by atoms with Crippen LogP contribution in [0.4, 0.5) is 0 Å². The van der Waals surface area contributed by atoms with Gasteiger partial charge >= 0.3 is 0 Å². The second-order valence-corrected chi connectivity index (χ2v) is 10.2. The molecule has 0 aliphatic carbocycles. The molecular weight excluding hydrogens is 446 g/mol. The highest BCUT2D eigenvalue weighted by Crippen LogP contribution is 2.31. The molecule has 182 valence electrons. The zero-order chi connectivity index (χ0) is 24.2. The largest absolute Gasteiger partial charge is 0.493 e. The lowest BCUT2D eigenvalue weighted by Gasteiger charge is -2.33. The maximum absolute atomic E-state index is 13.0. The Hall–Kier alpha value is -2.59. The molecule has 1 aliphatic heterocycles. The van der Waals surface area contributed by atoms with Gasteiger partial charge in [-0.3, -0.25) is 4.79 Å². The SMILES string of the molecule is CCOc1ccc(CNC(=O)[C@@H](C)C2CCN(S(=O)(=O)c3c(C)noc3C)CC2)cc1OC. The number of carbonyl (C=O) groups is 1. The van der Waals surface area contributed by atoms with Crippen molar-refractivity contribution in [1.82, 2.24) is 14.8 Å². The van der Waals surface area contributed by atoms with Gasteiger partial charge in [0.25, 0.3) is 0 Å². The van der Waals surface area contributed by atoms with Gasteiger partial charge in [0, 0.05) is 25.6 Å². The van der Waals surface area contributed by atoms with Crippen molar-refractivity contribution in [3.63, 3.8) is 0 Å². The normalized spacial score (nSPS) is 16.4. The molecule has 1 aromatic heterocycles. The lowest BCUT2D eigenvalue weighted by molar-refractivity contribution is -0.126. The van der Waals surface area contributed by atoms with E-state index >= 15 is 0 Å². The number of benzene rings is 1. The first-order valence-corrected chi connectivity index (χ1v) is 12.6. The Labute approximate surface area is 195 Å². The van der Waals surface area contributed by atoms with Crippen LogP contribution in [0, 0.1) is 25.7 Å². The predicted molar refractivity (Wildman–Crippen MR) is 123 cm³/mol. The Morgan fingerprint density at radius 3 is 2.55 bits per heavy atom. The molecule has 1 atom stereocenters. The van der Waals surface area contributed by atoms with E-state index in [1.807, 2.05) is 32.0 Å². The van der Waals surface area contributed by atoms with Crippen LogP contribution in [-0.2, 0) is 21.4 Å². The number of ether oxygens (including phenoxy) is 2. The van der Waals surface area contributed by atoms with E-state index in [1.165, 1.54) is 4.31 Å². The average molecular weight is 480 g/mol. The van der Waals surface area contributed by atoms with E-state index in [1.54, 1.807) is 21.0 Å². The highest BCUT2D eigenvalue weighted by molar-refractivity contribution is 7.89. The topological polar surface area (TPSA) is 111 Å². The van der Waals surface area contributed by atoms with Gasteiger partial charge in [0.05, 0.1) is 13.7 Å². The molecule has 2 aromatic rings. The fourth-order valence-corrected chi connectivity index (χ4v) is 6.01. The van der Waals surface area contributed by atoms with Crippen molar-refractivity contribution >= 4 is 15.9 Å². The van der Waals surface area contributed by atoms with Crippen molar-refractivity contribution in [2.75, 3.05) is 26.8 Å². The Kier molecular flexibility index (Phi) is 8.01. The first-order chi connectivity index (χ1) is 15.7. The molecule has 33 heavy (non-hydrogen) atoms. The van der Waals surface area contributed by atoms with Gasteiger partial charge in [-0.2, -0.15) is 4.31 Å². The summed E-state index contributed by atoms with van der Waals surface area (Å²) in [7, 11) is -2.07. The molecular formula is C23H33N3O6S. The number of sulfonamides is 1. The standard InChI is InChI=1S/C23H33N3O6S/c1-6-31-20-8-7-18(13-21(20)30-5)14-24-23(27)15(2)19-9-11-26(12-10-19)33(28,29)22-16(3)25-32-17(22)4/h7-8,13,15,19H,6,9-12,14H2,1-5H3,(H,24,27)/t15-/m0/s1. The van der Waals surface area contributed by atoms with Crippen LogP contribution in [0.5, 0.6) is 11.5 Å². The number of amides is 1. The van der Waals surface area contributed by atoms with E-state index in [9.17, 15) is 13.2 Å². The molecule has 1 fully saturated rings. The van der Waals surface area contributed by atoms with E-state index in [4.69, 9.17) is 14.0 Å². The van der Waals surface area contributed by atoms with Crippen LogP contribution in [-0.4, -0.2) is 50.6 Å². The lowest BCUT2D eigenvalue weighted by Crippen LogP contribution is -2.42. The smallest absolute Gasteiger partial charge is 0.248 e. The minimum absolute atomic E-state index is 0.0464. The Morgan fingerprint density at radius 1 is 1.27 bits per heavy atom. The van der Waals surface area contributed by atoms with E-state index in [0.29, 0.717) is 62.0 Å². The second-order valence-electron chi connectivity index (χ2n) is 8.32. The van der Waals surface area contributed by atoms with Crippen molar-refractivity contribution < 1.29 is 27.2 Å². The molecule has 1 saturated heterocycles. The molecule has 1 aromatic carbocycles. The van der Waals surface area contributed by atoms with Crippen molar-refractivity contribution in [1.29, 1.82) is 0 Å². The molecule has 1 aliphatic rings. The molecule has 0 bridgehead atoms. The second kappa shape index (κ2) is 10.6. The fraction of sp³-hybridized carbons (Fsp3) is 0.565. The third kappa shape index (κ3) is 5.50. The highest BCUT2D eigenvalue weighted by Gasteiger charge is 2.36. The summed E-state index contributed by atoms with van der Waals surface area (Å²) in [5, 5.41) is 6.76. The number of nitrogens with one attached hydrogen (secondary N) is 1. The summed E-state index contributed by atoms with van der Waals surface area (Å²) in [6.07, 6.45) is 1.24. The molecule has 1 amide bonds. The Bertz CT molecular complexity index is 1050. The van der Waals surface area contributed by atoms with Gasteiger partial charge in [-0.25, -0.2) is 8.42 Å². The van der Waals surface area contributed by atoms with Gasteiger partial charge in [-0.05, 0) is 57.2 Å². The average Bonchev–Trinajstić information content (AvgIpc) is 3.16. The number of piperidine rings is 1. The molecule has 0 radical (unpaired) electrons. The van der Waals surface area contributed by atoms with Gasteiger partial charge in [0.15, 0.2) is 17.3 Å². The van der Waals surface area contributed by atoms with E-state index in [-0.39, 0.29) is 22.6 Å². The van der Waals surface area contributed by atoms with Crippen molar-refractivity contribution in [2.24, 2.45) is 11.8 Å². The zero-order valence-corrected chi connectivity index (χ0v) is 20.7. The van der Waals surface area contributed by atoms with Gasteiger partial charge in [0.2, 0.25) is 15.9 Å². The maximum Gasteiger partial charge on any atom is 0.248 e. The van der Waals surface area contributed by atoms with Crippen LogP contribution in [0.15, 0.2) is 27.6 Å². The fourth-order valence-electron chi connectivity index (χ4n) is 4.25.